The zero-order chi connectivity index (χ0) is 21.4. The van der Waals surface area contributed by atoms with Crippen molar-refractivity contribution < 1.29 is 9.18 Å². The van der Waals surface area contributed by atoms with Gasteiger partial charge in [0, 0.05) is 60.0 Å². The van der Waals surface area contributed by atoms with Crippen molar-refractivity contribution in [2.75, 3.05) is 26.2 Å². The molecule has 4 rings (SSSR count). The molecular formula is C22H20ClFN4OS. The number of para-hydroxylation sites is 1. The highest BCUT2D eigenvalue weighted by molar-refractivity contribution is 7.84. The van der Waals surface area contributed by atoms with E-state index in [4.69, 9.17) is 17.0 Å². The van der Waals surface area contributed by atoms with Gasteiger partial charge in [-0.05, 0) is 18.2 Å². The van der Waals surface area contributed by atoms with Gasteiger partial charge in [0.1, 0.15) is 5.71 Å². The summed E-state index contributed by atoms with van der Waals surface area (Å²) in [6.45, 7) is 5.58. The summed E-state index contributed by atoms with van der Waals surface area (Å²) in [5.41, 5.74) is 1.75. The molecule has 1 aromatic heterocycles. The van der Waals surface area contributed by atoms with Crippen LogP contribution in [-0.4, -0.2) is 52.6 Å². The molecule has 154 valence electrons. The Labute approximate surface area is 184 Å². The summed E-state index contributed by atoms with van der Waals surface area (Å²) >= 11 is 11.1. The lowest BCUT2D eigenvalue weighted by atomic mass is 9.94. The highest BCUT2D eigenvalue weighted by atomic mass is 35.5. The predicted molar refractivity (Wildman–Crippen MR) is 122 cm³/mol. The van der Waals surface area contributed by atoms with E-state index in [1.165, 1.54) is 6.08 Å². The number of fused-ring (bicyclic) bond motifs is 1. The number of nitrogens with one attached hydrogen (secondary N) is 2. The summed E-state index contributed by atoms with van der Waals surface area (Å²) in [6.07, 6.45) is 4.59. The third-order valence-corrected chi connectivity index (χ3v) is 6.21. The lowest BCUT2D eigenvalue weighted by Gasteiger charge is -2.36. The number of halogens is 2. The Morgan fingerprint density at radius 1 is 1.23 bits per heavy atom. The summed E-state index contributed by atoms with van der Waals surface area (Å²) in [4.78, 5) is 18.5. The van der Waals surface area contributed by atoms with Crippen molar-refractivity contribution >= 4 is 52.3 Å². The Balaban J connectivity index is 1.65. The largest absolute Gasteiger partial charge is 0.362 e. The second-order valence-corrected chi connectivity index (χ2v) is 7.89. The van der Waals surface area contributed by atoms with Gasteiger partial charge >= 0.3 is 0 Å². The first-order valence-electron chi connectivity index (χ1n) is 9.45. The summed E-state index contributed by atoms with van der Waals surface area (Å²) < 4.78 is 15.3. The third-order valence-electron chi connectivity index (χ3n) is 5.38. The molecule has 2 aliphatic rings. The van der Waals surface area contributed by atoms with E-state index in [1.807, 2.05) is 29.2 Å². The fourth-order valence-corrected chi connectivity index (χ4v) is 4.43. The second kappa shape index (κ2) is 8.16. The SMILES string of the molecule is C=CC(=O)N1CCN(/C(S)=C2\C=C(Cl)C(c3c[nH]c4ccccc34)=C(F)C2=N)CC1. The maximum absolute atomic E-state index is 15.3. The minimum Gasteiger partial charge on any atom is -0.362 e. The minimum atomic E-state index is -0.686. The van der Waals surface area contributed by atoms with Crippen molar-refractivity contribution in [3.63, 3.8) is 0 Å². The molecule has 1 aliphatic heterocycles. The van der Waals surface area contributed by atoms with Gasteiger partial charge in [-0.2, -0.15) is 0 Å². The van der Waals surface area contributed by atoms with E-state index in [0.29, 0.717) is 42.3 Å². The van der Waals surface area contributed by atoms with Crippen molar-refractivity contribution in [1.29, 1.82) is 5.41 Å². The molecule has 2 N–H and O–H groups in total. The molecule has 5 nitrogen and oxygen atoms in total. The quantitative estimate of drug-likeness (QED) is 0.485. The Bertz CT molecular complexity index is 1150. The molecule has 1 aliphatic carbocycles. The summed E-state index contributed by atoms with van der Waals surface area (Å²) in [5, 5.41) is 9.94. The fourth-order valence-electron chi connectivity index (χ4n) is 3.76. The Morgan fingerprint density at radius 2 is 1.90 bits per heavy atom. The topological polar surface area (TPSA) is 63.2 Å². The lowest BCUT2D eigenvalue weighted by molar-refractivity contribution is -0.127. The maximum Gasteiger partial charge on any atom is 0.246 e. The van der Waals surface area contributed by atoms with Crippen LogP contribution in [0.25, 0.3) is 16.5 Å². The van der Waals surface area contributed by atoms with Crippen LogP contribution >= 0.6 is 24.2 Å². The number of H-pyrrole nitrogens is 1. The molecule has 2 aromatic rings. The number of piperazine rings is 1. The monoisotopic (exact) mass is 442 g/mol. The van der Waals surface area contributed by atoms with Gasteiger partial charge in [0.05, 0.1) is 10.1 Å². The van der Waals surface area contributed by atoms with Gasteiger partial charge in [0.25, 0.3) is 0 Å². The number of rotatable bonds is 3. The van der Waals surface area contributed by atoms with E-state index in [9.17, 15) is 4.79 Å². The van der Waals surface area contributed by atoms with Crippen LogP contribution in [0, 0.1) is 5.41 Å². The number of hydrogen-bond acceptors (Lipinski definition) is 4. The van der Waals surface area contributed by atoms with Crippen molar-refractivity contribution in [2.24, 2.45) is 0 Å². The average Bonchev–Trinajstić information content (AvgIpc) is 3.19. The molecule has 1 amide bonds. The minimum absolute atomic E-state index is 0.117. The molecule has 0 radical (unpaired) electrons. The van der Waals surface area contributed by atoms with Crippen molar-refractivity contribution in [2.45, 2.75) is 0 Å². The van der Waals surface area contributed by atoms with E-state index in [0.717, 1.165) is 10.9 Å². The molecule has 1 fully saturated rings. The molecule has 0 atom stereocenters. The number of nitrogens with zero attached hydrogens (tertiary/aromatic N) is 2. The predicted octanol–water partition coefficient (Wildman–Crippen LogP) is 4.48. The van der Waals surface area contributed by atoms with Crippen LogP contribution in [0.1, 0.15) is 5.56 Å². The molecule has 0 spiro atoms. The van der Waals surface area contributed by atoms with Gasteiger partial charge in [-0.1, -0.05) is 36.4 Å². The van der Waals surface area contributed by atoms with E-state index in [2.05, 4.69) is 24.2 Å². The number of aromatic amines is 1. The number of thiol groups is 1. The molecule has 0 unspecified atom stereocenters. The van der Waals surface area contributed by atoms with Crippen molar-refractivity contribution in [3.8, 4) is 0 Å². The van der Waals surface area contributed by atoms with Gasteiger partial charge in [0.15, 0.2) is 5.83 Å². The van der Waals surface area contributed by atoms with Crippen LogP contribution in [-0.2, 0) is 4.79 Å². The lowest BCUT2D eigenvalue weighted by Crippen LogP contribution is -2.47. The molecule has 1 saturated heterocycles. The number of hydrogen-bond donors (Lipinski definition) is 3. The van der Waals surface area contributed by atoms with Gasteiger partial charge in [-0.15, -0.1) is 12.6 Å². The summed E-state index contributed by atoms with van der Waals surface area (Å²) in [5.74, 6) is -0.803. The van der Waals surface area contributed by atoms with Gasteiger partial charge in [-0.3, -0.25) is 10.2 Å². The van der Waals surface area contributed by atoms with Crippen LogP contribution in [0.4, 0.5) is 4.39 Å². The maximum atomic E-state index is 15.3. The van der Waals surface area contributed by atoms with E-state index in [-0.39, 0.29) is 22.2 Å². The first kappa shape index (κ1) is 20.5. The van der Waals surface area contributed by atoms with E-state index >= 15 is 4.39 Å². The fraction of sp³-hybridized carbons (Fsp3) is 0.182. The molecule has 0 bridgehead atoms. The van der Waals surface area contributed by atoms with Crippen LogP contribution in [0.15, 0.2) is 70.7 Å². The number of carbonyl (C=O) groups is 1. The van der Waals surface area contributed by atoms with Gasteiger partial charge < -0.3 is 14.8 Å². The number of aromatic nitrogens is 1. The van der Waals surface area contributed by atoms with Gasteiger partial charge in [0.2, 0.25) is 5.91 Å². The average molecular weight is 443 g/mol. The summed E-state index contributed by atoms with van der Waals surface area (Å²) in [7, 11) is 0. The number of amides is 1. The molecule has 8 heteroatoms. The molecule has 2 heterocycles. The van der Waals surface area contributed by atoms with Gasteiger partial charge in [-0.25, -0.2) is 4.39 Å². The first-order chi connectivity index (χ1) is 14.4. The van der Waals surface area contributed by atoms with Crippen molar-refractivity contribution in [1.82, 2.24) is 14.8 Å². The zero-order valence-electron chi connectivity index (χ0n) is 16.1. The normalized spacial score (nSPS) is 19.3. The zero-order valence-corrected chi connectivity index (χ0v) is 17.7. The summed E-state index contributed by atoms with van der Waals surface area (Å²) in [6, 6.07) is 7.55. The molecule has 0 saturated carbocycles. The number of allylic oxidation sites excluding steroid dienone is 5. The highest BCUT2D eigenvalue weighted by Crippen LogP contribution is 2.40. The number of benzene rings is 1. The third kappa shape index (κ3) is 3.48. The first-order valence-corrected chi connectivity index (χ1v) is 10.3. The second-order valence-electron chi connectivity index (χ2n) is 7.06. The van der Waals surface area contributed by atoms with Crippen LogP contribution in [0.2, 0.25) is 0 Å². The molecule has 1 aromatic carbocycles. The van der Waals surface area contributed by atoms with E-state index in [1.54, 1.807) is 17.2 Å². The van der Waals surface area contributed by atoms with Crippen LogP contribution in [0.3, 0.4) is 0 Å². The standard InChI is InChI=1S/C22H20ClFN4OS/c1-2-18(29)27-7-9-28(10-8-27)22(30)14-11-16(23)19(20(24)21(14)25)15-12-26-17-6-4-3-5-13(15)17/h2-6,11-12,25-26,30H,1,7-10H2/b22-14-,25-21?. The van der Waals surface area contributed by atoms with Crippen molar-refractivity contribution in [3.05, 3.63) is 76.2 Å². The molecule has 30 heavy (non-hydrogen) atoms. The number of carbonyl (C=O) groups excluding carboxylic acids is 1. The van der Waals surface area contributed by atoms with Crippen LogP contribution in [0.5, 0.6) is 0 Å². The Morgan fingerprint density at radius 3 is 2.60 bits per heavy atom. The van der Waals surface area contributed by atoms with E-state index < -0.39 is 5.83 Å². The smallest absolute Gasteiger partial charge is 0.246 e. The highest BCUT2D eigenvalue weighted by Gasteiger charge is 2.29. The Hall–Kier alpha value is -2.77. The molecular weight excluding hydrogens is 423 g/mol. The Kier molecular flexibility index (Phi) is 5.58. The van der Waals surface area contributed by atoms with Crippen LogP contribution < -0.4 is 0 Å².